The number of hydrogen-bond donors (Lipinski definition) is 2. The second-order valence-electron chi connectivity index (χ2n) is 12.5. The molecule has 5 atom stereocenters. The molecule has 2 amide bonds. The van der Waals surface area contributed by atoms with Crippen LogP contribution in [0.2, 0.25) is 0 Å². The van der Waals surface area contributed by atoms with Crippen LogP contribution in [0.3, 0.4) is 0 Å². The smallest absolute Gasteiger partial charge is 0.407 e. The minimum atomic E-state index is -3.45. The highest BCUT2D eigenvalue weighted by atomic mass is 32.2. The predicted octanol–water partition coefficient (Wildman–Crippen LogP) is 3.64. The van der Waals surface area contributed by atoms with Gasteiger partial charge in [0.1, 0.15) is 17.5 Å². The zero-order valence-corrected chi connectivity index (χ0v) is 23.1. The van der Waals surface area contributed by atoms with Gasteiger partial charge in [-0.2, -0.15) is 4.31 Å². The number of aromatic nitrogens is 1. The molecule has 0 aromatic carbocycles. The maximum Gasteiger partial charge on any atom is 0.407 e. The number of alkyl carbamates (subject to hydrolysis) is 1. The molecule has 2 aliphatic carbocycles. The number of carbonyl (C=O) groups is 2. The summed E-state index contributed by atoms with van der Waals surface area (Å²) >= 11 is 0. The Labute approximate surface area is 223 Å². The van der Waals surface area contributed by atoms with E-state index in [-0.39, 0.29) is 53.4 Å². The fourth-order valence-electron chi connectivity index (χ4n) is 6.33. The monoisotopic (exact) mass is 554 g/mol. The van der Waals surface area contributed by atoms with Crippen LogP contribution >= 0.6 is 0 Å². The number of hydrogen-bond acceptors (Lipinski definition) is 7. The van der Waals surface area contributed by atoms with E-state index in [9.17, 15) is 22.4 Å². The van der Waals surface area contributed by atoms with E-state index < -0.39 is 27.9 Å². The van der Waals surface area contributed by atoms with Gasteiger partial charge in [-0.15, -0.1) is 0 Å². The number of amides is 2. The third kappa shape index (κ3) is 6.32. The van der Waals surface area contributed by atoms with E-state index in [2.05, 4.69) is 15.8 Å². The topological polar surface area (TPSA) is 131 Å². The number of nitrogens with zero attached hydrogens (tertiary/aromatic N) is 2. The van der Waals surface area contributed by atoms with Crippen LogP contribution in [0.4, 0.5) is 9.18 Å². The first-order chi connectivity index (χ1) is 17.9. The molecule has 2 aliphatic heterocycles. The molecule has 4 aliphatic rings. The number of ether oxygens (including phenoxy) is 1. The fraction of sp³-hybridized carbons (Fsp3) is 0.808. The number of sulfonamides is 1. The number of halogens is 1. The molecule has 2 N–H and O–H groups in total. The highest BCUT2D eigenvalue weighted by Gasteiger charge is 2.48. The third-order valence-corrected chi connectivity index (χ3v) is 10.3. The van der Waals surface area contributed by atoms with Gasteiger partial charge in [-0.1, -0.05) is 5.16 Å². The lowest BCUT2D eigenvalue weighted by molar-refractivity contribution is 0.0488. The minimum Gasteiger partial charge on any atom is -0.444 e. The average Bonchev–Trinajstić information content (AvgIpc) is 3.21. The van der Waals surface area contributed by atoms with Crippen LogP contribution in [0, 0.1) is 5.92 Å². The summed E-state index contributed by atoms with van der Waals surface area (Å²) in [7, 11) is -3.45. The Morgan fingerprint density at radius 3 is 2.26 bits per heavy atom. The van der Waals surface area contributed by atoms with E-state index in [1.165, 1.54) is 6.07 Å². The lowest BCUT2D eigenvalue weighted by Gasteiger charge is -2.39. The van der Waals surface area contributed by atoms with Gasteiger partial charge < -0.3 is 19.9 Å². The summed E-state index contributed by atoms with van der Waals surface area (Å²) in [5.74, 6) is -0.0871. The number of piperidine rings is 1. The van der Waals surface area contributed by atoms with Crippen molar-refractivity contribution in [3.63, 3.8) is 0 Å². The second-order valence-corrected chi connectivity index (χ2v) is 14.4. The van der Waals surface area contributed by atoms with E-state index in [4.69, 9.17) is 9.26 Å². The Morgan fingerprint density at radius 2 is 1.68 bits per heavy atom. The largest absolute Gasteiger partial charge is 0.444 e. The highest BCUT2D eigenvalue weighted by molar-refractivity contribution is 7.89. The summed E-state index contributed by atoms with van der Waals surface area (Å²) in [5.41, 5.74) is -0.417. The van der Waals surface area contributed by atoms with Crippen molar-refractivity contribution in [2.75, 3.05) is 5.75 Å². The van der Waals surface area contributed by atoms with Crippen molar-refractivity contribution in [2.24, 2.45) is 5.92 Å². The molecule has 3 heterocycles. The third-order valence-electron chi connectivity index (χ3n) is 8.18. The van der Waals surface area contributed by atoms with Crippen molar-refractivity contribution in [3.8, 4) is 0 Å². The molecule has 5 rings (SSSR count). The van der Waals surface area contributed by atoms with E-state index >= 15 is 0 Å². The number of nitrogens with one attached hydrogen (secondary N) is 2. The minimum absolute atomic E-state index is 0.00260. The van der Waals surface area contributed by atoms with E-state index in [1.54, 1.807) is 4.31 Å². The summed E-state index contributed by atoms with van der Waals surface area (Å²) in [5, 5.41) is 9.69. The molecule has 212 valence electrons. The fourth-order valence-corrected chi connectivity index (χ4v) is 8.72. The number of alkyl halides is 1. The molecule has 2 saturated carbocycles. The van der Waals surface area contributed by atoms with Crippen LogP contribution in [-0.2, 0) is 14.8 Å². The summed E-state index contributed by atoms with van der Waals surface area (Å²) in [6.45, 7) is 5.47. The maximum atomic E-state index is 13.5. The van der Waals surface area contributed by atoms with Crippen LogP contribution in [-0.4, -0.2) is 71.6 Å². The van der Waals surface area contributed by atoms with Crippen molar-refractivity contribution in [3.05, 3.63) is 17.5 Å². The van der Waals surface area contributed by atoms with Crippen LogP contribution in [0.25, 0.3) is 0 Å². The molecule has 2 saturated heterocycles. The van der Waals surface area contributed by atoms with Gasteiger partial charge in [-0.3, -0.25) is 4.79 Å². The maximum absolute atomic E-state index is 13.5. The molecular weight excluding hydrogens is 515 g/mol. The summed E-state index contributed by atoms with van der Waals surface area (Å²) in [6, 6.07) is 1.12. The van der Waals surface area contributed by atoms with E-state index in [0.717, 1.165) is 38.5 Å². The van der Waals surface area contributed by atoms with Crippen molar-refractivity contribution < 1.29 is 31.7 Å². The first-order valence-electron chi connectivity index (χ1n) is 13.8. The predicted molar refractivity (Wildman–Crippen MR) is 137 cm³/mol. The van der Waals surface area contributed by atoms with Crippen molar-refractivity contribution in [1.82, 2.24) is 20.1 Å². The molecule has 4 fully saturated rings. The van der Waals surface area contributed by atoms with Crippen LogP contribution < -0.4 is 10.6 Å². The Hall–Kier alpha value is -2.21. The second kappa shape index (κ2) is 10.4. The van der Waals surface area contributed by atoms with Gasteiger partial charge in [0.05, 0.1) is 11.7 Å². The quantitative estimate of drug-likeness (QED) is 0.526. The Balaban J connectivity index is 1.10. The van der Waals surface area contributed by atoms with Crippen molar-refractivity contribution in [2.45, 2.75) is 120 Å². The molecule has 10 nitrogen and oxygen atoms in total. The van der Waals surface area contributed by atoms with Gasteiger partial charge in [-0.05, 0) is 84.5 Å². The zero-order valence-electron chi connectivity index (χ0n) is 22.3. The first-order valence-corrected chi connectivity index (χ1v) is 15.4. The lowest BCUT2D eigenvalue weighted by atomic mass is 9.87. The summed E-state index contributed by atoms with van der Waals surface area (Å²) in [4.78, 5) is 24.7. The van der Waals surface area contributed by atoms with Gasteiger partial charge in [-0.25, -0.2) is 17.6 Å². The van der Waals surface area contributed by atoms with Gasteiger partial charge in [0.25, 0.3) is 5.91 Å². The van der Waals surface area contributed by atoms with Crippen molar-refractivity contribution in [1.29, 1.82) is 0 Å². The Bertz CT molecular complexity index is 1130. The van der Waals surface area contributed by atoms with Crippen molar-refractivity contribution >= 4 is 22.0 Å². The molecule has 1 unspecified atom stereocenters. The number of fused-ring (bicyclic) bond motifs is 2. The standard InChI is InChI=1S/C26H39FN4O6S/c1-26(2,3)36-25(33)29-16-6-4-15(5-7-16)14-38(34,35)31-18-8-9-19(31)11-17(10-18)28-24(32)22-13-23(37-30-22)20-12-21(20)27/h13,15-21H,4-12,14H2,1-3H3,(H,28,32)(H,29,33)/t15?,16?,17?,18-,19+,20-,21-/m1/s1. The number of carbonyl (C=O) groups excluding carboxylic acids is 2. The number of rotatable bonds is 7. The first kappa shape index (κ1) is 27.4. The lowest BCUT2D eigenvalue weighted by Crippen LogP contribution is -2.53. The normalized spacial score (nSPS) is 33.5. The van der Waals surface area contributed by atoms with E-state index in [1.807, 2.05) is 20.8 Å². The molecule has 1 aromatic heterocycles. The zero-order chi connectivity index (χ0) is 27.2. The Kier molecular flexibility index (Phi) is 7.49. The molecule has 12 heteroatoms. The van der Waals surface area contributed by atoms with Gasteiger partial charge in [0, 0.05) is 30.2 Å². The van der Waals surface area contributed by atoms with Crippen LogP contribution in [0.1, 0.15) is 101 Å². The molecule has 38 heavy (non-hydrogen) atoms. The molecule has 2 bridgehead atoms. The summed E-state index contributed by atoms with van der Waals surface area (Å²) < 4.78 is 52.4. The van der Waals surface area contributed by atoms with Crippen LogP contribution in [0.15, 0.2) is 10.6 Å². The summed E-state index contributed by atoms with van der Waals surface area (Å²) in [6.07, 6.45) is 4.70. The van der Waals surface area contributed by atoms with E-state index in [0.29, 0.717) is 25.0 Å². The molecule has 0 radical (unpaired) electrons. The van der Waals surface area contributed by atoms with Gasteiger partial charge >= 0.3 is 6.09 Å². The highest BCUT2D eigenvalue weighted by Crippen LogP contribution is 2.44. The van der Waals surface area contributed by atoms with Gasteiger partial charge in [0.15, 0.2) is 5.69 Å². The molecule has 1 aromatic rings. The van der Waals surface area contributed by atoms with Crippen LogP contribution in [0.5, 0.6) is 0 Å². The van der Waals surface area contributed by atoms with Gasteiger partial charge in [0.2, 0.25) is 10.0 Å². The average molecular weight is 555 g/mol. The molecular formula is C26H39FN4O6S. The Morgan fingerprint density at radius 1 is 1.05 bits per heavy atom. The SMILES string of the molecule is CC(C)(C)OC(=O)NC1CCC(CS(=O)(=O)N2[C@@H]3CC[C@H]2CC(NC(=O)c2cc([C@@H]4C[C@H]4F)on2)C3)CC1. The molecule has 0 spiro atoms.